The van der Waals surface area contributed by atoms with E-state index in [0.717, 1.165) is 0 Å². The molecule has 37 heavy (non-hydrogen) atoms. The first-order valence-electron chi connectivity index (χ1n) is 11.9. The number of rotatable bonds is 11. The van der Waals surface area contributed by atoms with Crippen LogP contribution in [0, 0.1) is 0 Å². The summed E-state index contributed by atoms with van der Waals surface area (Å²) < 4.78 is 26.6. The summed E-state index contributed by atoms with van der Waals surface area (Å²) in [5.74, 6) is -1.58. The number of carbonyl (C=O) groups is 4. The number of ether oxygens (including phenoxy) is 5. The molecule has 198 valence electrons. The van der Waals surface area contributed by atoms with E-state index in [9.17, 15) is 19.2 Å². The van der Waals surface area contributed by atoms with Gasteiger partial charge in [-0.15, -0.1) is 0 Å². The van der Waals surface area contributed by atoms with Crippen molar-refractivity contribution >= 4 is 29.4 Å². The minimum atomic E-state index is -0.759. The molecule has 1 aliphatic rings. The molecule has 2 aromatic rings. The van der Waals surface area contributed by atoms with Crippen molar-refractivity contribution in [3.63, 3.8) is 0 Å². The molecule has 0 unspecified atom stereocenters. The number of carbonyl (C=O) groups excluding carboxylic acids is 4. The molecule has 2 aromatic carbocycles. The van der Waals surface area contributed by atoms with Crippen LogP contribution in [0.4, 0.5) is 5.69 Å². The third kappa shape index (κ3) is 7.94. The number of para-hydroxylation sites is 1. The summed E-state index contributed by atoms with van der Waals surface area (Å²) in [6, 6.07) is 10.7. The molecule has 11 heteroatoms. The van der Waals surface area contributed by atoms with Crippen molar-refractivity contribution in [3.8, 4) is 11.5 Å². The zero-order chi connectivity index (χ0) is 26.6. The van der Waals surface area contributed by atoms with E-state index in [1.54, 1.807) is 36.9 Å². The zero-order valence-corrected chi connectivity index (χ0v) is 20.8. The van der Waals surface area contributed by atoms with Gasteiger partial charge in [-0.2, -0.15) is 0 Å². The molecule has 1 N–H and O–H groups in total. The molecule has 1 aliphatic heterocycles. The quantitative estimate of drug-likeness (QED) is 0.449. The zero-order valence-electron chi connectivity index (χ0n) is 20.8. The Bertz CT molecular complexity index is 1110. The highest BCUT2D eigenvalue weighted by atomic mass is 16.5. The van der Waals surface area contributed by atoms with Gasteiger partial charge in [0.15, 0.2) is 24.7 Å². The topological polar surface area (TPSA) is 130 Å². The van der Waals surface area contributed by atoms with Crippen LogP contribution < -0.4 is 14.8 Å². The van der Waals surface area contributed by atoms with Crippen LogP contribution in [0.1, 0.15) is 34.6 Å². The second-order valence-electron chi connectivity index (χ2n) is 7.77. The van der Waals surface area contributed by atoms with E-state index in [4.69, 9.17) is 23.7 Å². The molecule has 0 aliphatic carbocycles. The van der Waals surface area contributed by atoms with Crippen molar-refractivity contribution in [1.82, 2.24) is 4.90 Å². The first-order valence-corrected chi connectivity index (χ1v) is 11.9. The summed E-state index contributed by atoms with van der Waals surface area (Å²) >= 11 is 0. The molecule has 1 fully saturated rings. The largest absolute Gasteiger partial charge is 0.490 e. The Kier molecular flexibility index (Phi) is 10.3. The van der Waals surface area contributed by atoms with Gasteiger partial charge in [0.2, 0.25) is 0 Å². The maximum absolute atomic E-state index is 12.6. The van der Waals surface area contributed by atoms with Crippen LogP contribution in [-0.4, -0.2) is 81.4 Å². The number of hydrogen-bond acceptors (Lipinski definition) is 9. The van der Waals surface area contributed by atoms with Crippen LogP contribution in [0.2, 0.25) is 0 Å². The highest BCUT2D eigenvalue weighted by molar-refractivity contribution is 6.02. The number of esters is 2. The minimum absolute atomic E-state index is 0.134. The van der Waals surface area contributed by atoms with E-state index in [1.807, 2.05) is 0 Å². The smallest absolute Gasteiger partial charge is 0.340 e. The molecular weight excluding hydrogens is 484 g/mol. The standard InChI is InChI=1S/C26H30N2O9/c1-3-34-22-15-18(9-10-21(22)36-17-24(30)28-11-13-33-14-12-28)25(31)37-16-23(29)27-20-8-6-5-7-19(20)26(32)35-4-2/h5-10,15H,3-4,11-14,16-17H2,1-2H3,(H,27,29). The second-order valence-corrected chi connectivity index (χ2v) is 7.77. The SMILES string of the molecule is CCOC(=O)c1ccccc1NC(=O)COC(=O)c1ccc(OCC(=O)N2CCOCC2)c(OCC)c1. The van der Waals surface area contributed by atoms with E-state index < -0.39 is 24.5 Å². The van der Waals surface area contributed by atoms with Crippen LogP contribution in [0.15, 0.2) is 42.5 Å². The molecule has 3 rings (SSSR count). The normalized spacial score (nSPS) is 12.9. The number of anilines is 1. The van der Waals surface area contributed by atoms with Crippen molar-refractivity contribution in [1.29, 1.82) is 0 Å². The third-order valence-corrected chi connectivity index (χ3v) is 5.23. The van der Waals surface area contributed by atoms with Gasteiger partial charge in [0, 0.05) is 13.1 Å². The number of nitrogens with one attached hydrogen (secondary N) is 1. The number of morpholine rings is 1. The molecule has 0 bridgehead atoms. The first kappa shape index (κ1) is 27.5. The molecule has 1 saturated heterocycles. The Balaban J connectivity index is 1.58. The Hall–Kier alpha value is -4.12. The highest BCUT2D eigenvalue weighted by Crippen LogP contribution is 2.29. The molecule has 0 aromatic heterocycles. The number of benzene rings is 2. The lowest BCUT2D eigenvalue weighted by atomic mass is 10.2. The summed E-state index contributed by atoms with van der Waals surface area (Å²) in [7, 11) is 0. The molecule has 2 amide bonds. The molecule has 0 radical (unpaired) electrons. The summed E-state index contributed by atoms with van der Waals surface area (Å²) in [6.45, 7) is 5.17. The van der Waals surface area contributed by atoms with Gasteiger partial charge in [0.25, 0.3) is 11.8 Å². The van der Waals surface area contributed by atoms with Gasteiger partial charge in [-0.05, 0) is 44.2 Å². The molecule has 0 spiro atoms. The lowest BCUT2D eigenvalue weighted by Crippen LogP contribution is -2.43. The predicted octanol–water partition coefficient (Wildman–Crippen LogP) is 2.30. The number of nitrogens with zero attached hydrogens (tertiary/aromatic N) is 1. The summed E-state index contributed by atoms with van der Waals surface area (Å²) in [4.78, 5) is 51.0. The summed E-state index contributed by atoms with van der Waals surface area (Å²) in [6.07, 6.45) is 0. The fraction of sp³-hybridized carbons (Fsp3) is 0.385. The van der Waals surface area contributed by atoms with Gasteiger partial charge in [-0.3, -0.25) is 9.59 Å². The van der Waals surface area contributed by atoms with E-state index in [0.29, 0.717) is 38.7 Å². The Labute approximate surface area is 214 Å². The van der Waals surface area contributed by atoms with Crippen LogP contribution in [0.25, 0.3) is 0 Å². The molecule has 1 heterocycles. The Morgan fingerprint density at radius 1 is 0.865 bits per heavy atom. The fourth-order valence-electron chi connectivity index (χ4n) is 3.45. The van der Waals surface area contributed by atoms with Crippen LogP contribution >= 0.6 is 0 Å². The van der Waals surface area contributed by atoms with Gasteiger partial charge in [0.05, 0.1) is 43.2 Å². The maximum Gasteiger partial charge on any atom is 0.340 e. The highest BCUT2D eigenvalue weighted by Gasteiger charge is 2.20. The van der Waals surface area contributed by atoms with Gasteiger partial charge >= 0.3 is 11.9 Å². The van der Waals surface area contributed by atoms with Crippen molar-refractivity contribution in [3.05, 3.63) is 53.6 Å². The number of amides is 2. The van der Waals surface area contributed by atoms with E-state index in [-0.39, 0.29) is 41.7 Å². The van der Waals surface area contributed by atoms with E-state index >= 15 is 0 Å². The molecule has 11 nitrogen and oxygen atoms in total. The van der Waals surface area contributed by atoms with Crippen LogP contribution in [0.3, 0.4) is 0 Å². The maximum atomic E-state index is 12.6. The van der Waals surface area contributed by atoms with Gasteiger partial charge < -0.3 is 33.9 Å². The van der Waals surface area contributed by atoms with Crippen molar-refractivity contribution in [2.45, 2.75) is 13.8 Å². The monoisotopic (exact) mass is 514 g/mol. The van der Waals surface area contributed by atoms with Crippen molar-refractivity contribution in [2.24, 2.45) is 0 Å². The lowest BCUT2D eigenvalue weighted by Gasteiger charge is -2.26. The first-order chi connectivity index (χ1) is 17.9. The van der Waals surface area contributed by atoms with Crippen LogP contribution in [-0.2, 0) is 23.8 Å². The second kappa shape index (κ2) is 13.8. The van der Waals surface area contributed by atoms with Gasteiger partial charge in [0.1, 0.15) is 0 Å². The molecule has 0 saturated carbocycles. The van der Waals surface area contributed by atoms with E-state index in [1.165, 1.54) is 24.3 Å². The van der Waals surface area contributed by atoms with E-state index in [2.05, 4.69) is 5.32 Å². The molecule has 0 atom stereocenters. The minimum Gasteiger partial charge on any atom is -0.490 e. The average molecular weight is 515 g/mol. The third-order valence-electron chi connectivity index (χ3n) is 5.23. The van der Waals surface area contributed by atoms with Crippen LogP contribution in [0.5, 0.6) is 11.5 Å². The van der Waals surface area contributed by atoms with Crippen molar-refractivity contribution in [2.75, 3.05) is 58.0 Å². The number of hydrogen-bond donors (Lipinski definition) is 1. The molecular formula is C26H30N2O9. The summed E-state index contributed by atoms with van der Waals surface area (Å²) in [5.41, 5.74) is 0.567. The predicted molar refractivity (Wildman–Crippen MR) is 132 cm³/mol. The summed E-state index contributed by atoms with van der Waals surface area (Å²) in [5, 5.41) is 2.55. The Morgan fingerprint density at radius 2 is 1.62 bits per heavy atom. The average Bonchev–Trinajstić information content (AvgIpc) is 2.92. The lowest BCUT2D eigenvalue weighted by molar-refractivity contribution is -0.137. The Morgan fingerprint density at radius 3 is 2.35 bits per heavy atom. The van der Waals surface area contributed by atoms with Gasteiger partial charge in [-0.1, -0.05) is 12.1 Å². The van der Waals surface area contributed by atoms with Crippen molar-refractivity contribution < 1.29 is 42.9 Å². The van der Waals surface area contributed by atoms with Gasteiger partial charge in [-0.25, -0.2) is 9.59 Å². The fourth-order valence-corrected chi connectivity index (χ4v) is 3.45.